The van der Waals surface area contributed by atoms with E-state index in [0.717, 1.165) is 21.7 Å². The summed E-state index contributed by atoms with van der Waals surface area (Å²) >= 11 is 5.96. The van der Waals surface area contributed by atoms with Crippen LogP contribution in [-0.2, 0) is 4.74 Å². The van der Waals surface area contributed by atoms with Crippen molar-refractivity contribution in [3.8, 4) is 0 Å². The molecule has 0 spiro atoms. The van der Waals surface area contributed by atoms with Crippen LogP contribution in [0.25, 0.3) is 11.6 Å². The first kappa shape index (κ1) is 14.9. The van der Waals surface area contributed by atoms with E-state index in [4.69, 9.17) is 21.3 Å². The van der Waals surface area contributed by atoms with Crippen LogP contribution in [0.3, 0.4) is 0 Å². The first-order valence-electron chi connectivity index (χ1n) is 7.29. The minimum absolute atomic E-state index is 0.177. The summed E-state index contributed by atoms with van der Waals surface area (Å²) < 4.78 is 5.84. The largest absolute Gasteiger partial charge is 0.475 e. The van der Waals surface area contributed by atoms with Crippen molar-refractivity contribution in [3.63, 3.8) is 0 Å². The molecule has 2 aromatic carbocycles. The van der Waals surface area contributed by atoms with Crippen molar-refractivity contribution in [1.82, 2.24) is 0 Å². The minimum Gasteiger partial charge on any atom is -0.475 e. The molecular weight excluding hydrogens is 294 g/mol. The summed E-state index contributed by atoms with van der Waals surface area (Å²) in [6.45, 7) is 4.75. The van der Waals surface area contributed by atoms with Crippen molar-refractivity contribution in [3.05, 3.63) is 70.7 Å². The third-order valence-electron chi connectivity index (χ3n) is 3.46. The van der Waals surface area contributed by atoms with E-state index >= 15 is 0 Å². The second-order valence-corrected chi connectivity index (χ2v) is 6.43. The normalized spacial score (nSPS) is 17.0. The predicted octanol–water partition coefficient (Wildman–Crippen LogP) is 5.09. The molecule has 3 rings (SSSR count). The Labute approximate surface area is 136 Å². The van der Waals surface area contributed by atoms with Gasteiger partial charge in [-0.05, 0) is 43.2 Å². The fourth-order valence-corrected chi connectivity index (χ4v) is 2.46. The Kier molecular flexibility index (Phi) is 4.04. The monoisotopic (exact) mass is 311 g/mol. The van der Waals surface area contributed by atoms with E-state index in [2.05, 4.69) is 32.1 Å². The van der Waals surface area contributed by atoms with E-state index in [0.29, 0.717) is 12.5 Å². The van der Waals surface area contributed by atoms with Crippen molar-refractivity contribution in [2.75, 3.05) is 6.61 Å². The Morgan fingerprint density at radius 3 is 2.36 bits per heavy atom. The van der Waals surface area contributed by atoms with Crippen molar-refractivity contribution >= 4 is 29.1 Å². The second-order valence-electron chi connectivity index (χ2n) is 5.99. The number of benzene rings is 2. The number of ether oxygens (including phenoxy) is 1. The maximum absolute atomic E-state index is 5.96. The summed E-state index contributed by atoms with van der Waals surface area (Å²) in [5.41, 5.74) is 2.98. The van der Waals surface area contributed by atoms with E-state index in [1.807, 2.05) is 42.5 Å². The van der Waals surface area contributed by atoms with Gasteiger partial charge < -0.3 is 4.74 Å². The molecule has 22 heavy (non-hydrogen) atoms. The van der Waals surface area contributed by atoms with Gasteiger partial charge >= 0.3 is 0 Å². The van der Waals surface area contributed by atoms with Gasteiger partial charge in [0, 0.05) is 10.6 Å². The van der Waals surface area contributed by atoms with Crippen LogP contribution in [0.4, 0.5) is 0 Å². The smallest absolute Gasteiger partial charge is 0.217 e. The Bertz CT molecular complexity index is 715. The van der Waals surface area contributed by atoms with Crippen LogP contribution in [0.1, 0.15) is 25.0 Å². The zero-order valence-corrected chi connectivity index (χ0v) is 13.5. The summed E-state index contributed by atoms with van der Waals surface area (Å²) in [6, 6.07) is 17.9. The zero-order valence-electron chi connectivity index (χ0n) is 12.7. The number of nitrogens with zero attached hydrogens (tertiary/aromatic N) is 1. The molecule has 2 nitrogen and oxygen atoms in total. The van der Waals surface area contributed by atoms with Gasteiger partial charge in [0.1, 0.15) is 6.61 Å². The quantitative estimate of drug-likeness (QED) is 0.724. The van der Waals surface area contributed by atoms with Crippen LogP contribution in [0, 0.1) is 0 Å². The average molecular weight is 312 g/mol. The molecule has 1 aliphatic rings. The lowest BCUT2D eigenvalue weighted by Gasteiger charge is -2.08. The SMILES string of the molecule is CC1(C)COC(/C(=C/c2ccc(Cl)cc2)c2ccccc2)=N1. The number of aliphatic imine (C=N–C) groups is 1. The summed E-state index contributed by atoms with van der Waals surface area (Å²) in [7, 11) is 0. The molecule has 0 aliphatic carbocycles. The van der Waals surface area contributed by atoms with Crippen LogP contribution in [0.5, 0.6) is 0 Å². The molecule has 112 valence electrons. The Morgan fingerprint density at radius 1 is 1.09 bits per heavy atom. The summed E-state index contributed by atoms with van der Waals surface area (Å²) in [5, 5.41) is 0.731. The summed E-state index contributed by atoms with van der Waals surface area (Å²) in [4.78, 5) is 4.71. The molecule has 3 heteroatoms. The molecule has 0 radical (unpaired) electrons. The van der Waals surface area contributed by atoms with Crippen molar-refractivity contribution in [1.29, 1.82) is 0 Å². The molecule has 1 heterocycles. The number of rotatable bonds is 3. The maximum atomic E-state index is 5.96. The van der Waals surface area contributed by atoms with Crippen molar-refractivity contribution in [2.45, 2.75) is 19.4 Å². The van der Waals surface area contributed by atoms with E-state index in [9.17, 15) is 0 Å². The molecule has 0 atom stereocenters. The van der Waals surface area contributed by atoms with Gasteiger partial charge in [0.2, 0.25) is 5.90 Å². The van der Waals surface area contributed by atoms with Crippen molar-refractivity contribution < 1.29 is 4.74 Å². The lowest BCUT2D eigenvalue weighted by molar-refractivity contribution is 0.281. The Hall–Kier alpha value is -2.06. The lowest BCUT2D eigenvalue weighted by Crippen LogP contribution is -2.17. The predicted molar refractivity (Wildman–Crippen MR) is 93.2 cm³/mol. The van der Waals surface area contributed by atoms with Gasteiger partial charge in [0.15, 0.2) is 0 Å². The summed E-state index contributed by atoms with van der Waals surface area (Å²) in [5.74, 6) is 0.700. The molecule has 2 aromatic rings. The fraction of sp³-hybridized carbons (Fsp3) is 0.211. The highest BCUT2D eigenvalue weighted by Gasteiger charge is 2.28. The molecule has 0 unspecified atom stereocenters. The zero-order chi connectivity index (χ0) is 15.6. The molecular formula is C19H18ClNO. The van der Waals surface area contributed by atoms with Crippen LogP contribution in [0.15, 0.2) is 59.6 Å². The molecule has 0 bridgehead atoms. The standard InChI is InChI=1S/C19H18ClNO/c1-19(2)13-22-18(21-19)17(15-6-4-3-5-7-15)12-14-8-10-16(20)11-9-14/h3-12H,13H2,1-2H3/b17-12+. The average Bonchev–Trinajstić information content (AvgIpc) is 2.87. The van der Waals surface area contributed by atoms with Crippen LogP contribution >= 0.6 is 11.6 Å². The molecule has 0 fully saturated rings. The maximum Gasteiger partial charge on any atom is 0.217 e. The molecule has 0 saturated carbocycles. The van der Waals surface area contributed by atoms with Gasteiger partial charge in [0.25, 0.3) is 0 Å². The van der Waals surface area contributed by atoms with E-state index in [-0.39, 0.29) is 5.54 Å². The van der Waals surface area contributed by atoms with Crippen molar-refractivity contribution in [2.24, 2.45) is 4.99 Å². The fourth-order valence-electron chi connectivity index (χ4n) is 2.33. The third kappa shape index (κ3) is 3.40. The van der Waals surface area contributed by atoms with Crippen LogP contribution in [0.2, 0.25) is 5.02 Å². The number of halogens is 1. The highest BCUT2D eigenvalue weighted by atomic mass is 35.5. The van der Waals surface area contributed by atoms with Gasteiger partial charge in [-0.3, -0.25) is 0 Å². The van der Waals surface area contributed by atoms with Gasteiger partial charge in [0.05, 0.1) is 5.54 Å². The first-order chi connectivity index (χ1) is 10.5. The second kappa shape index (κ2) is 5.98. The van der Waals surface area contributed by atoms with Crippen LogP contribution in [-0.4, -0.2) is 18.0 Å². The molecule has 0 N–H and O–H groups in total. The van der Waals surface area contributed by atoms with E-state index in [1.165, 1.54) is 0 Å². The van der Waals surface area contributed by atoms with E-state index < -0.39 is 0 Å². The number of hydrogen-bond donors (Lipinski definition) is 0. The molecule has 0 saturated heterocycles. The highest BCUT2D eigenvalue weighted by molar-refractivity contribution is 6.30. The minimum atomic E-state index is -0.177. The molecule has 0 amide bonds. The molecule has 1 aliphatic heterocycles. The topological polar surface area (TPSA) is 21.6 Å². The Balaban J connectivity index is 2.06. The lowest BCUT2D eigenvalue weighted by atomic mass is 10.0. The number of hydrogen-bond acceptors (Lipinski definition) is 2. The first-order valence-corrected chi connectivity index (χ1v) is 7.67. The molecule has 0 aromatic heterocycles. The van der Waals surface area contributed by atoms with Gasteiger partial charge in [-0.2, -0.15) is 0 Å². The van der Waals surface area contributed by atoms with Gasteiger partial charge in [-0.15, -0.1) is 0 Å². The summed E-state index contributed by atoms with van der Waals surface area (Å²) in [6.07, 6.45) is 2.09. The third-order valence-corrected chi connectivity index (χ3v) is 3.71. The van der Waals surface area contributed by atoms with Crippen LogP contribution < -0.4 is 0 Å². The Morgan fingerprint density at radius 2 is 1.77 bits per heavy atom. The van der Waals surface area contributed by atoms with Gasteiger partial charge in [-0.25, -0.2) is 4.99 Å². The highest BCUT2D eigenvalue weighted by Crippen LogP contribution is 2.27. The van der Waals surface area contributed by atoms with E-state index in [1.54, 1.807) is 0 Å². The van der Waals surface area contributed by atoms with Gasteiger partial charge in [-0.1, -0.05) is 54.1 Å².